The van der Waals surface area contributed by atoms with Crippen molar-refractivity contribution in [1.29, 1.82) is 0 Å². The molecule has 0 saturated heterocycles. The molecule has 146 valence electrons. The summed E-state index contributed by atoms with van der Waals surface area (Å²) in [4.78, 5) is 15.8. The van der Waals surface area contributed by atoms with E-state index in [0.717, 1.165) is 53.7 Å². The molecule has 4 rings (SSSR count). The predicted octanol–water partition coefficient (Wildman–Crippen LogP) is 3.08. The zero-order chi connectivity index (χ0) is 19.7. The monoisotopic (exact) mass is 379 g/mol. The lowest BCUT2D eigenvalue weighted by Crippen LogP contribution is -2.26. The summed E-state index contributed by atoms with van der Waals surface area (Å²) in [6.07, 6.45) is 5.59. The van der Waals surface area contributed by atoms with E-state index in [1.807, 2.05) is 26.2 Å². The first kappa shape index (κ1) is 18.4. The molecule has 0 unspecified atom stereocenters. The smallest absolute Gasteiger partial charge is 0.165 e. The average Bonchev–Trinajstić information content (AvgIpc) is 3.01. The highest BCUT2D eigenvalue weighted by Crippen LogP contribution is 2.37. The van der Waals surface area contributed by atoms with Crippen LogP contribution in [0.3, 0.4) is 0 Å². The topological polar surface area (TPSA) is 76.3 Å². The van der Waals surface area contributed by atoms with Crippen molar-refractivity contribution in [2.75, 3.05) is 13.2 Å². The summed E-state index contributed by atoms with van der Waals surface area (Å²) in [6.45, 7) is 9.55. The van der Waals surface area contributed by atoms with Crippen LogP contribution in [0.2, 0.25) is 0 Å². The Balaban J connectivity index is 1.67. The SMILES string of the molecule is CCn1ccnc1CN1CCOc2c(O)cc(-c3nc(C)cnc3C)cc2C1. The van der Waals surface area contributed by atoms with Gasteiger partial charge in [-0.3, -0.25) is 9.88 Å². The Bertz CT molecular complexity index is 998. The van der Waals surface area contributed by atoms with Crippen LogP contribution in [0.15, 0.2) is 30.7 Å². The fourth-order valence-electron chi connectivity index (χ4n) is 3.62. The third-order valence-electron chi connectivity index (χ3n) is 5.05. The third kappa shape index (κ3) is 3.57. The molecule has 1 N–H and O–H groups in total. The van der Waals surface area contributed by atoms with E-state index in [1.54, 1.807) is 12.3 Å². The van der Waals surface area contributed by atoms with Crippen molar-refractivity contribution in [3.05, 3.63) is 53.5 Å². The molecule has 0 saturated carbocycles. The Morgan fingerprint density at radius 2 is 2.07 bits per heavy atom. The minimum atomic E-state index is 0.145. The van der Waals surface area contributed by atoms with Crippen molar-refractivity contribution in [3.8, 4) is 22.8 Å². The molecule has 0 bridgehead atoms. The zero-order valence-electron chi connectivity index (χ0n) is 16.5. The summed E-state index contributed by atoms with van der Waals surface area (Å²) < 4.78 is 8.02. The summed E-state index contributed by atoms with van der Waals surface area (Å²) in [5.41, 5.74) is 4.27. The molecule has 0 spiro atoms. The molecule has 28 heavy (non-hydrogen) atoms. The van der Waals surface area contributed by atoms with Gasteiger partial charge in [0.1, 0.15) is 12.4 Å². The van der Waals surface area contributed by atoms with Crippen LogP contribution in [0.4, 0.5) is 0 Å². The van der Waals surface area contributed by atoms with Crippen LogP contribution in [0.5, 0.6) is 11.5 Å². The van der Waals surface area contributed by atoms with Crippen molar-refractivity contribution in [2.24, 2.45) is 0 Å². The molecule has 0 fully saturated rings. The van der Waals surface area contributed by atoms with Crippen LogP contribution < -0.4 is 4.74 Å². The van der Waals surface area contributed by atoms with E-state index < -0.39 is 0 Å². The number of fused-ring (bicyclic) bond motifs is 1. The van der Waals surface area contributed by atoms with Gasteiger partial charge in [0.05, 0.1) is 23.6 Å². The number of aromatic nitrogens is 4. The van der Waals surface area contributed by atoms with Crippen LogP contribution >= 0.6 is 0 Å². The van der Waals surface area contributed by atoms with Gasteiger partial charge in [-0.1, -0.05) is 0 Å². The number of phenolic OH excluding ortho intramolecular Hbond substituents is 1. The van der Waals surface area contributed by atoms with Gasteiger partial charge in [0.25, 0.3) is 0 Å². The normalized spacial score (nSPS) is 14.4. The molecule has 3 heterocycles. The Hall–Kier alpha value is -2.93. The third-order valence-corrected chi connectivity index (χ3v) is 5.05. The van der Waals surface area contributed by atoms with Gasteiger partial charge in [0, 0.05) is 49.4 Å². The number of aryl methyl sites for hydroxylation is 3. The molecule has 7 heteroatoms. The summed E-state index contributed by atoms with van der Waals surface area (Å²) in [5, 5.41) is 10.6. The molecule has 1 aromatic carbocycles. The standard InChI is InChI=1S/C21H25N5O2/c1-4-26-6-5-22-19(26)13-25-7-8-28-21-17(12-25)9-16(10-18(21)27)20-15(3)23-11-14(2)24-20/h5-6,9-11,27H,4,7-8,12-13H2,1-3H3. The first-order valence-electron chi connectivity index (χ1n) is 9.56. The number of hydrogen-bond acceptors (Lipinski definition) is 6. The molecule has 1 aliphatic rings. The highest BCUT2D eigenvalue weighted by Gasteiger charge is 2.21. The van der Waals surface area contributed by atoms with E-state index >= 15 is 0 Å². The maximum Gasteiger partial charge on any atom is 0.165 e. The van der Waals surface area contributed by atoms with Crippen molar-refractivity contribution in [1.82, 2.24) is 24.4 Å². The van der Waals surface area contributed by atoms with Crippen molar-refractivity contribution in [2.45, 2.75) is 40.4 Å². The highest BCUT2D eigenvalue weighted by atomic mass is 16.5. The van der Waals surface area contributed by atoms with Crippen molar-refractivity contribution in [3.63, 3.8) is 0 Å². The predicted molar refractivity (Wildman–Crippen MR) is 106 cm³/mol. The van der Waals surface area contributed by atoms with Gasteiger partial charge in [0.2, 0.25) is 0 Å². The molecule has 0 aliphatic carbocycles. The summed E-state index contributed by atoms with van der Waals surface area (Å²) >= 11 is 0. The van der Waals surface area contributed by atoms with Crippen LogP contribution in [0.1, 0.15) is 29.7 Å². The lowest BCUT2D eigenvalue weighted by molar-refractivity contribution is 0.211. The minimum Gasteiger partial charge on any atom is -0.504 e. The maximum absolute atomic E-state index is 10.6. The largest absolute Gasteiger partial charge is 0.504 e. The number of ether oxygens (including phenoxy) is 1. The maximum atomic E-state index is 10.6. The Morgan fingerprint density at radius 1 is 1.21 bits per heavy atom. The fourth-order valence-corrected chi connectivity index (χ4v) is 3.62. The first-order valence-corrected chi connectivity index (χ1v) is 9.56. The van der Waals surface area contributed by atoms with E-state index in [0.29, 0.717) is 18.9 Å². The van der Waals surface area contributed by atoms with Crippen LogP contribution in [0, 0.1) is 13.8 Å². The van der Waals surface area contributed by atoms with E-state index in [9.17, 15) is 5.11 Å². The van der Waals surface area contributed by atoms with Crippen molar-refractivity contribution < 1.29 is 9.84 Å². The molecule has 2 aromatic heterocycles. The fraction of sp³-hybridized carbons (Fsp3) is 0.381. The second kappa shape index (κ2) is 7.59. The first-order chi connectivity index (χ1) is 13.5. The molecule has 0 amide bonds. The number of hydrogen-bond donors (Lipinski definition) is 1. The molecule has 3 aromatic rings. The Morgan fingerprint density at radius 3 is 2.89 bits per heavy atom. The van der Waals surface area contributed by atoms with Gasteiger partial charge in [0.15, 0.2) is 11.5 Å². The van der Waals surface area contributed by atoms with Gasteiger partial charge >= 0.3 is 0 Å². The van der Waals surface area contributed by atoms with Crippen LogP contribution in [-0.2, 0) is 19.6 Å². The quantitative estimate of drug-likeness (QED) is 0.751. The molecular weight excluding hydrogens is 354 g/mol. The van der Waals surface area contributed by atoms with E-state index in [1.165, 1.54) is 0 Å². The minimum absolute atomic E-state index is 0.145. The van der Waals surface area contributed by atoms with Gasteiger partial charge in [-0.05, 0) is 32.9 Å². The lowest BCUT2D eigenvalue weighted by Gasteiger charge is -2.19. The summed E-state index contributed by atoms with van der Waals surface area (Å²) in [5.74, 6) is 1.74. The number of imidazole rings is 1. The highest BCUT2D eigenvalue weighted by molar-refractivity contribution is 5.67. The molecule has 1 aliphatic heterocycles. The van der Waals surface area contributed by atoms with E-state index in [4.69, 9.17) is 4.74 Å². The number of phenols is 1. The molecular formula is C21H25N5O2. The molecule has 0 radical (unpaired) electrons. The second-order valence-corrected chi connectivity index (χ2v) is 7.12. The zero-order valence-corrected chi connectivity index (χ0v) is 16.5. The van der Waals surface area contributed by atoms with Crippen molar-refractivity contribution >= 4 is 0 Å². The van der Waals surface area contributed by atoms with E-state index in [-0.39, 0.29) is 5.75 Å². The molecule has 7 nitrogen and oxygen atoms in total. The molecule has 0 atom stereocenters. The number of rotatable bonds is 4. The number of benzene rings is 1. The number of nitrogens with zero attached hydrogens (tertiary/aromatic N) is 5. The summed E-state index contributed by atoms with van der Waals surface area (Å²) in [6, 6.07) is 3.77. The van der Waals surface area contributed by atoms with Crippen LogP contribution in [-0.4, -0.2) is 42.7 Å². The Labute approximate surface area is 164 Å². The van der Waals surface area contributed by atoms with Gasteiger partial charge in [-0.15, -0.1) is 0 Å². The summed E-state index contributed by atoms with van der Waals surface area (Å²) in [7, 11) is 0. The van der Waals surface area contributed by atoms with Crippen LogP contribution in [0.25, 0.3) is 11.3 Å². The lowest BCUT2D eigenvalue weighted by atomic mass is 10.0. The van der Waals surface area contributed by atoms with Gasteiger partial charge in [-0.25, -0.2) is 9.97 Å². The van der Waals surface area contributed by atoms with E-state index in [2.05, 4.69) is 37.4 Å². The van der Waals surface area contributed by atoms with Gasteiger partial charge in [-0.2, -0.15) is 0 Å². The average molecular weight is 379 g/mol. The second-order valence-electron chi connectivity index (χ2n) is 7.12. The van der Waals surface area contributed by atoms with Gasteiger partial charge < -0.3 is 14.4 Å². The Kier molecular flexibility index (Phi) is 5.00. The number of aromatic hydroxyl groups is 1.